The van der Waals surface area contributed by atoms with Crippen LogP contribution >= 0.6 is 0 Å². The third kappa shape index (κ3) is 3.18. The summed E-state index contributed by atoms with van der Waals surface area (Å²) < 4.78 is 2.00. The van der Waals surface area contributed by atoms with Crippen molar-refractivity contribution in [2.75, 3.05) is 23.7 Å². The molecular weight excluding hydrogens is 352 g/mol. The van der Waals surface area contributed by atoms with E-state index < -0.39 is 0 Å². The van der Waals surface area contributed by atoms with Gasteiger partial charge in [-0.1, -0.05) is 30.9 Å². The summed E-state index contributed by atoms with van der Waals surface area (Å²) in [5.74, 6) is 0.282. The number of nitrogen functional groups attached to an aromatic ring is 1. The Morgan fingerprint density at radius 2 is 2.11 bits per heavy atom. The lowest BCUT2D eigenvalue weighted by molar-refractivity contribution is -0.114. The van der Waals surface area contributed by atoms with Crippen LogP contribution in [-0.2, 0) is 11.3 Å². The van der Waals surface area contributed by atoms with E-state index in [1.807, 2.05) is 53.4 Å². The van der Waals surface area contributed by atoms with Crippen molar-refractivity contribution in [2.45, 2.75) is 6.54 Å². The molecule has 0 fully saturated rings. The highest BCUT2D eigenvalue weighted by Crippen LogP contribution is 2.30. The van der Waals surface area contributed by atoms with Crippen LogP contribution in [-0.4, -0.2) is 39.7 Å². The van der Waals surface area contributed by atoms with E-state index in [1.165, 1.54) is 12.4 Å². The van der Waals surface area contributed by atoms with Gasteiger partial charge in [0, 0.05) is 36.8 Å². The van der Waals surface area contributed by atoms with E-state index in [0.29, 0.717) is 25.5 Å². The minimum atomic E-state index is -0.150. The topological polar surface area (TPSA) is 89.4 Å². The Morgan fingerprint density at radius 3 is 2.82 bits per heavy atom. The van der Waals surface area contributed by atoms with Crippen molar-refractivity contribution in [3.05, 3.63) is 67.2 Å². The second-order valence-corrected chi connectivity index (χ2v) is 6.38. The van der Waals surface area contributed by atoms with E-state index in [4.69, 9.17) is 5.73 Å². The van der Waals surface area contributed by atoms with Gasteiger partial charge in [0.1, 0.15) is 17.8 Å². The normalized spacial score (nSPS) is 12.9. The number of para-hydroxylation sites is 1. The van der Waals surface area contributed by atoms with Crippen molar-refractivity contribution in [1.29, 1.82) is 0 Å². The maximum atomic E-state index is 12.4. The summed E-state index contributed by atoms with van der Waals surface area (Å²) in [5.41, 5.74) is 9.66. The van der Waals surface area contributed by atoms with Gasteiger partial charge in [0.15, 0.2) is 0 Å². The van der Waals surface area contributed by atoms with Crippen molar-refractivity contribution < 1.29 is 4.79 Å². The number of allylic oxidation sites excluding steroid dienone is 1. The molecule has 1 aromatic carbocycles. The largest absolute Gasteiger partial charge is 0.383 e. The van der Waals surface area contributed by atoms with Gasteiger partial charge in [0.05, 0.1) is 11.9 Å². The molecule has 3 heterocycles. The van der Waals surface area contributed by atoms with Crippen LogP contribution in [0.5, 0.6) is 0 Å². The summed E-state index contributed by atoms with van der Waals surface area (Å²) in [4.78, 5) is 26.9. The molecular formula is C21H20N6O. The molecule has 0 bridgehead atoms. The number of nitrogens with zero attached hydrogens (tertiary/aromatic N) is 5. The number of hydrogen-bond acceptors (Lipinski definition) is 5. The van der Waals surface area contributed by atoms with Crippen LogP contribution in [0.3, 0.4) is 0 Å². The number of fused-ring (bicyclic) bond motifs is 1. The summed E-state index contributed by atoms with van der Waals surface area (Å²) >= 11 is 0. The number of aliphatic imine (C=N–C) groups is 1. The average molecular weight is 372 g/mol. The molecule has 1 amide bonds. The van der Waals surface area contributed by atoms with E-state index in [-0.39, 0.29) is 5.91 Å². The fourth-order valence-electron chi connectivity index (χ4n) is 3.36. The zero-order valence-corrected chi connectivity index (χ0v) is 15.3. The first-order valence-corrected chi connectivity index (χ1v) is 8.97. The summed E-state index contributed by atoms with van der Waals surface area (Å²) in [6.45, 7) is 5.30. The van der Waals surface area contributed by atoms with Crippen molar-refractivity contribution in [3.63, 3.8) is 0 Å². The fourth-order valence-corrected chi connectivity index (χ4v) is 3.36. The van der Waals surface area contributed by atoms with Gasteiger partial charge in [-0.25, -0.2) is 9.97 Å². The van der Waals surface area contributed by atoms with Crippen LogP contribution in [0.4, 0.5) is 11.5 Å². The van der Waals surface area contributed by atoms with Gasteiger partial charge >= 0.3 is 0 Å². The van der Waals surface area contributed by atoms with E-state index in [0.717, 1.165) is 27.9 Å². The van der Waals surface area contributed by atoms with Crippen LogP contribution < -0.4 is 10.6 Å². The molecule has 1 aliphatic rings. The first kappa shape index (κ1) is 17.7. The molecule has 4 rings (SSSR count). The maximum absolute atomic E-state index is 12.4. The summed E-state index contributed by atoms with van der Waals surface area (Å²) in [6.07, 6.45) is 8.66. The van der Waals surface area contributed by atoms with Crippen LogP contribution in [0.1, 0.15) is 5.56 Å². The Labute approximate surface area is 162 Å². The molecule has 0 spiro atoms. The van der Waals surface area contributed by atoms with E-state index in [9.17, 15) is 4.79 Å². The molecule has 0 radical (unpaired) electrons. The Hall–Kier alpha value is -3.74. The molecule has 0 saturated carbocycles. The number of aromatic nitrogens is 3. The zero-order valence-electron chi connectivity index (χ0n) is 15.3. The van der Waals surface area contributed by atoms with Crippen molar-refractivity contribution in [1.82, 2.24) is 14.5 Å². The Morgan fingerprint density at radius 1 is 1.29 bits per heavy atom. The van der Waals surface area contributed by atoms with Crippen molar-refractivity contribution in [2.24, 2.45) is 4.99 Å². The third-order valence-electron chi connectivity index (χ3n) is 4.71. The van der Waals surface area contributed by atoms with E-state index in [2.05, 4.69) is 21.5 Å². The molecule has 0 atom stereocenters. The summed E-state index contributed by atoms with van der Waals surface area (Å²) in [6, 6.07) is 9.53. The number of carbonyl (C=O) groups is 1. The molecule has 7 nitrogen and oxygen atoms in total. The minimum Gasteiger partial charge on any atom is -0.383 e. The SMILES string of the molecule is C=CC(=O)N(CCn1cc(C2=CCN=C2)c2c(N)ncnc21)c1ccccc1. The molecule has 2 aromatic heterocycles. The number of carbonyl (C=O) groups excluding carboxylic acids is 1. The zero-order chi connectivity index (χ0) is 19.5. The maximum Gasteiger partial charge on any atom is 0.250 e. The van der Waals surface area contributed by atoms with Gasteiger partial charge in [-0.3, -0.25) is 9.79 Å². The van der Waals surface area contributed by atoms with Gasteiger partial charge in [0.25, 0.3) is 0 Å². The Balaban J connectivity index is 1.70. The third-order valence-corrected chi connectivity index (χ3v) is 4.71. The van der Waals surface area contributed by atoms with Gasteiger partial charge in [-0.15, -0.1) is 0 Å². The number of amides is 1. The monoisotopic (exact) mass is 372 g/mol. The minimum absolute atomic E-state index is 0.150. The van der Waals surface area contributed by atoms with Crippen molar-refractivity contribution in [3.8, 4) is 0 Å². The second-order valence-electron chi connectivity index (χ2n) is 6.38. The summed E-state index contributed by atoms with van der Waals surface area (Å²) in [7, 11) is 0. The lowest BCUT2D eigenvalue weighted by Crippen LogP contribution is -2.32. The van der Waals surface area contributed by atoms with E-state index in [1.54, 1.807) is 4.90 Å². The average Bonchev–Trinajstić information content (AvgIpc) is 3.37. The highest BCUT2D eigenvalue weighted by molar-refractivity contribution is 6.17. The molecule has 1 aliphatic heterocycles. The molecule has 0 saturated heterocycles. The first-order valence-electron chi connectivity index (χ1n) is 8.97. The van der Waals surface area contributed by atoms with Gasteiger partial charge in [0.2, 0.25) is 5.91 Å². The van der Waals surface area contributed by atoms with Crippen LogP contribution in [0.15, 0.2) is 66.6 Å². The number of hydrogen-bond donors (Lipinski definition) is 1. The lowest BCUT2D eigenvalue weighted by Gasteiger charge is -2.21. The smallest absolute Gasteiger partial charge is 0.250 e. The van der Waals surface area contributed by atoms with Crippen LogP contribution in [0.25, 0.3) is 16.6 Å². The molecule has 0 aliphatic carbocycles. The van der Waals surface area contributed by atoms with Crippen LogP contribution in [0.2, 0.25) is 0 Å². The molecule has 140 valence electrons. The molecule has 28 heavy (non-hydrogen) atoms. The summed E-state index contributed by atoms with van der Waals surface area (Å²) in [5, 5.41) is 0.809. The van der Waals surface area contributed by atoms with Gasteiger partial charge in [-0.2, -0.15) is 0 Å². The van der Waals surface area contributed by atoms with Gasteiger partial charge in [-0.05, 0) is 23.8 Å². The van der Waals surface area contributed by atoms with Crippen molar-refractivity contribution >= 4 is 40.2 Å². The van der Waals surface area contributed by atoms with E-state index >= 15 is 0 Å². The predicted molar refractivity (Wildman–Crippen MR) is 112 cm³/mol. The molecule has 2 N–H and O–H groups in total. The van der Waals surface area contributed by atoms with Gasteiger partial charge < -0.3 is 15.2 Å². The standard InChI is InChI=1S/C21H20N6O/c1-2-18(28)27(16-6-4-3-5-7-16)11-10-26-13-17(15-8-9-23-12-15)19-20(22)24-14-25-21(19)26/h2-8,12-14H,1,9-11H2,(H2,22,24,25). The number of rotatable bonds is 6. The fraction of sp³-hybridized carbons (Fsp3) is 0.143. The second kappa shape index (κ2) is 7.48. The lowest BCUT2D eigenvalue weighted by atomic mass is 10.1. The highest BCUT2D eigenvalue weighted by Gasteiger charge is 2.18. The molecule has 3 aromatic rings. The molecule has 0 unspecified atom stereocenters. The number of benzene rings is 1. The van der Waals surface area contributed by atoms with Crippen LogP contribution in [0, 0.1) is 0 Å². The Bertz CT molecular complexity index is 1100. The molecule has 7 heteroatoms. The Kier molecular flexibility index (Phi) is 4.72. The predicted octanol–water partition coefficient (Wildman–Crippen LogP) is 2.70. The number of nitrogens with two attached hydrogens (primary N) is 1. The number of anilines is 2. The highest BCUT2D eigenvalue weighted by atomic mass is 16.2. The first-order chi connectivity index (χ1) is 13.7. The quantitative estimate of drug-likeness (QED) is 0.674.